The Bertz CT molecular complexity index is 360. The lowest BCUT2D eigenvalue weighted by Crippen LogP contribution is -2.24. The molecule has 0 bridgehead atoms. The summed E-state index contributed by atoms with van der Waals surface area (Å²) in [5.41, 5.74) is -0.0256. The summed E-state index contributed by atoms with van der Waals surface area (Å²) in [7, 11) is 1.78. The van der Waals surface area contributed by atoms with Gasteiger partial charge in [0.2, 0.25) is 0 Å². The van der Waals surface area contributed by atoms with Crippen LogP contribution in [0.2, 0.25) is 0 Å². The molecule has 1 atom stereocenters. The van der Waals surface area contributed by atoms with Crippen molar-refractivity contribution in [1.29, 1.82) is 0 Å². The zero-order chi connectivity index (χ0) is 12.8. The van der Waals surface area contributed by atoms with Crippen LogP contribution in [0.5, 0.6) is 0 Å². The maximum atomic E-state index is 13.3. The number of aliphatic hydroxyl groups excluding tert-OH is 2. The summed E-state index contributed by atoms with van der Waals surface area (Å²) < 4.78 is 26.3. The van der Waals surface area contributed by atoms with Crippen molar-refractivity contribution in [3.63, 3.8) is 0 Å². The fraction of sp³-hybridized carbons (Fsp3) is 0.500. The van der Waals surface area contributed by atoms with Crippen molar-refractivity contribution < 1.29 is 19.0 Å². The largest absolute Gasteiger partial charge is 0.395 e. The van der Waals surface area contributed by atoms with Crippen LogP contribution in [-0.2, 0) is 0 Å². The molecule has 1 unspecified atom stereocenters. The molecule has 3 nitrogen and oxygen atoms in total. The molecule has 5 heteroatoms. The average Bonchev–Trinajstić information content (AvgIpc) is 2.30. The molecule has 17 heavy (non-hydrogen) atoms. The molecular weight excluding hydrogens is 228 g/mol. The highest BCUT2D eigenvalue weighted by Crippen LogP contribution is 2.21. The zero-order valence-electron chi connectivity index (χ0n) is 9.74. The van der Waals surface area contributed by atoms with E-state index in [9.17, 15) is 13.9 Å². The first-order chi connectivity index (χ1) is 8.06. The number of nitrogens with zero attached hydrogens (tertiary/aromatic N) is 1. The topological polar surface area (TPSA) is 43.7 Å². The molecule has 0 saturated carbocycles. The lowest BCUT2D eigenvalue weighted by atomic mass is 10.1. The van der Waals surface area contributed by atoms with Gasteiger partial charge < -0.3 is 15.1 Å². The molecule has 0 spiro atoms. The monoisotopic (exact) mass is 245 g/mol. The molecule has 1 rings (SSSR count). The van der Waals surface area contributed by atoms with Crippen molar-refractivity contribution in [3.8, 4) is 0 Å². The van der Waals surface area contributed by atoms with Crippen molar-refractivity contribution in [2.75, 3.05) is 26.7 Å². The van der Waals surface area contributed by atoms with Gasteiger partial charge >= 0.3 is 0 Å². The maximum absolute atomic E-state index is 13.3. The van der Waals surface area contributed by atoms with Gasteiger partial charge in [-0.25, -0.2) is 8.78 Å². The van der Waals surface area contributed by atoms with Gasteiger partial charge in [-0.05, 0) is 19.5 Å². The second kappa shape index (κ2) is 6.64. The summed E-state index contributed by atoms with van der Waals surface area (Å²) in [4.78, 5) is 1.81. The summed E-state index contributed by atoms with van der Waals surface area (Å²) in [5.74, 6) is -1.95. The molecule has 0 aliphatic carbocycles. The van der Waals surface area contributed by atoms with E-state index in [-0.39, 0.29) is 18.6 Å². The first-order valence-electron chi connectivity index (χ1n) is 5.47. The smallest absolute Gasteiger partial charge is 0.164 e. The van der Waals surface area contributed by atoms with E-state index in [1.807, 2.05) is 0 Å². The van der Waals surface area contributed by atoms with Gasteiger partial charge in [-0.15, -0.1) is 0 Å². The lowest BCUT2D eigenvalue weighted by Gasteiger charge is -2.18. The predicted octanol–water partition coefficient (Wildman–Crippen LogP) is 1.31. The summed E-state index contributed by atoms with van der Waals surface area (Å²) in [6.45, 7) is 1.01. The van der Waals surface area contributed by atoms with Crippen molar-refractivity contribution in [1.82, 2.24) is 4.90 Å². The third-order valence-electron chi connectivity index (χ3n) is 2.61. The van der Waals surface area contributed by atoms with E-state index < -0.39 is 17.7 Å². The Hall–Kier alpha value is -1.04. The molecule has 0 fully saturated rings. The van der Waals surface area contributed by atoms with Crippen LogP contribution in [0, 0.1) is 11.6 Å². The first kappa shape index (κ1) is 14.0. The quantitative estimate of drug-likeness (QED) is 0.794. The highest BCUT2D eigenvalue weighted by Gasteiger charge is 2.16. The first-order valence-corrected chi connectivity index (χ1v) is 5.47. The summed E-state index contributed by atoms with van der Waals surface area (Å²) in [6.07, 6.45) is -0.747. The number of aliphatic hydroxyl groups is 2. The van der Waals surface area contributed by atoms with E-state index in [0.717, 1.165) is 6.07 Å². The minimum Gasteiger partial charge on any atom is -0.395 e. The van der Waals surface area contributed by atoms with Gasteiger partial charge in [0.25, 0.3) is 0 Å². The van der Waals surface area contributed by atoms with Crippen LogP contribution in [0.4, 0.5) is 8.78 Å². The van der Waals surface area contributed by atoms with Gasteiger partial charge in [-0.3, -0.25) is 0 Å². The molecule has 2 N–H and O–H groups in total. The minimum absolute atomic E-state index is 0.0256. The van der Waals surface area contributed by atoms with E-state index in [1.54, 1.807) is 11.9 Å². The lowest BCUT2D eigenvalue weighted by molar-refractivity contribution is 0.137. The Balaban J connectivity index is 2.58. The number of benzene rings is 1. The van der Waals surface area contributed by atoms with Crippen LogP contribution in [0.3, 0.4) is 0 Å². The van der Waals surface area contributed by atoms with Gasteiger partial charge in [0, 0.05) is 18.7 Å². The van der Waals surface area contributed by atoms with E-state index in [1.165, 1.54) is 12.1 Å². The molecule has 0 heterocycles. The summed E-state index contributed by atoms with van der Waals surface area (Å²) in [5, 5.41) is 18.4. The average molecular weight is 245 g/mol. The number of hydrogen-bond donors (Lipinski definition) is 2. The second-order valence-corrected chi connectivity index (χ2v) is 3.97. The van der Waals surface area contributed by atoms with Crippen LogP contribution in [0.1, 0.15) is 18.1 Å². The van der Waals surface area contributed by atoms with E-state index in [4.69, 9.17) is 5.11 Å². The minimum atomic E-state index is -1.04. The van der Waals surface area contributed by atoms with E-state index in [0.29, 0.717) is 13.1 Å². The number of halogens is 2. The van der Waals surface area contributed by atoms with Crippen LogP contribution >= 0.6 is 0 Å². The number of rotatable bonds is 6. The molecule has 0 aromatic heterocycles. The van der Waals surface area contributed by atoms with Crippen LogP contribution in [0.15, 0.2) is 18.2 Å². The molecular formula is C12H17F2NO2. The highest BCUT2D eigenvalue weighted by molar-refractivity contribution is 5.21. The van der Waals surface area contributed by atoms with E-state index in [2.05, 4.69) is 0 Å². The fourth-order valence-corrected chi connectivity index (χ4v) is 1.56. The Labute approximate surface area is 99.3 Å². The van der Waals surface area contributed by atoms with Crippen molar-refractivity contribution >= 4 is 0 Å². The van der Waals surface area contributed by atoms with Gasteiger partial charge in [0.1, 0.15) is 0 Å². The van der Waals surface area contributed by atoms with Crippen LogP contribution in [0.25, 0.3) is 0 Å². The Morgan fingerprint density at radius 2 is 2.00 bits per heavy atom. The molecule has 0 radical (unpaired) electrons. The highest BCUT2D eigenvalue weighted by atomic mass is 19.2. The van der Waals surface area contributed by atoms with Gasteiger partial charge in [-0.2, -0.15) is 0 Å². The SMILES string of the molecule is CN(CCO)CCC(O)c1cccc(F)c1F. The predicted molar refractivity (Wildman–Crippen MR) is 60.5 cm³/mol. The molecule has 0 aliphatic rings. The Kier molecular flexibility index (Phi) is 5.47. The number of hydrogen-bond acceptors (Lipinski definition) is 3. The fourth-order valence-electron chi connectivity index (χ4n) is 1.56. The Morgan fingerprint density at radius 3 is 2.65 bits per heavy atom. The molecule has 0 saturated heterocycles. The molecule has 96 valence electrons. The summed E-state index contributed by atoms with van der Waals surface area (Å²) in [6, 6.07) is 3.76. The zero-order valence-corrected chi connectivity index (χ0v) is 9.74. The molecule has 0 amide bonds. The molecule has 0 aliphatic heterocycles. The molecule has 1 aromatic carbocycles. The number of likely N-dealkylation sites (N-methyl/N-ethyl adjacent to an activating group) is 1. The third kappa shape index (κ3) is 4.03. The molecule has 1 aromatic rings. The van der Waals surface area contributed by atoms with Crippen molar-refractivity contribution in [2.45, 2.75) is 12.5 Å². The normalized spacial score (nSPS) is 13.1. The third-order valence-corrected chi connectivity index (χ3v) is 2.61. The second-order valence-electron chi connectivity index (χ2n) is 3.97. The van der Waals surface area contributed by atoms with Gasteiger partial charge in [0.05, 0.1) is 12.7 Å². The Morgan fingerprint density at radius 1 is 1.29 bits per heavy atom. The van der Waals surface area contributed by atoms with Gasteiger partial charge in [0.15, 0.2) is 11.6 Å². The van der Waals surface area contributed by atoms with Crippen molar-refractivity contribution in [3.05, 3.63) is 35.4 Å². The maximum Gasteiger partial charge on any atom is 0.164 e. The summed E-state index contributed by atoms with van der Waals surface area (Å²) >= 11 is 0. The van der Waals surface area contributed by atoms with Crippen LogP contribution < -0.4 is 0 Å². The van der Waals surface area contributed by atoms with E-state index >= 15 is 0 Å². The van der Waals surface area contributed by atoms with Crippen LogP contribution in [-0.4, -0.2) is 41.9 Å². The van der Waals surface area contributed by atoms with Crippen molar-refractivity contribution in [2.24, 2.45) is 0 Å². The standard InChI is InChI=1S/C12H17F2NO2/c1-15(7-8-16)6-5-11(17)9-3-2-4-10(13)12(9)14/h2-4,11,16-17H,5-8H2,1H3. The van der Waals surface area contributed by atoms with Gasteiger partial charge in [-0.1, -0.05) is 12.1 Å².